The molecule has 78 valence electrons. The minimum absolute atomic E-state index is 0.201. The van der Waals surface area contributed by atoms with Crippen molar-refractivity contribution in [3.63, 3.8) is 0 Å². The average molecular weight is 194 g/mol. The van der Waals surface area contributed by atoms with Crippen LogP contribution in [0.1, 0.15) is 32.3 Å². The van der Waals surface area contributed by atoms with E-state index in [4.69, 9.17) is 4.74 Å². The molecule has 1 unspecified atom stereocenters. The molecule has 0 aliphatic carbocycles. The van der Waals surface area contributed by atoms with E-state index in [0.717, 1.165) is 0 Å². The number of phenolic OH excluding ortho intramolecular Hbond substituents is 1. The highest BCUT2D eigenvalue weighted by Crippen LogP contribution is 2.32. The average Bonchev–Trinajstić information content (AvgIpc) is 2.17. The van der Waals surface area contributed by atoms with Gasteiger partial charge in [0.2, 0.25) is 0 Å². The van der Waals surface area contributed by atoms with E-state index in [9.17, 15) is 5.11 Å². The Morgan fingerprint density at radius 3 is 2.36 bits per heavy atom. The van der Waals surface area contributed by atoms with Gasteiger partial charge in [0.15, 0.2) is 11.5 Å². The third-order valence-electron chi connectivity index (χ3n) is 2.73. The highest BCUT2D eigenvalue weighted by molar-refractivity contribution is 5.42. The van der Waals surface area contributed by atoms with Crippen LogP contribution in [-0.2, 0) is 0 Å². The fraction of sp³-hybridized carbons (Fsp3) is 0.500. The summed E-state index contributed by atoms with van der Waals surface area (Å²) < 4.78 is 5.07. The van der Waals surface area contributed by atoms with Gasteiger partial charge in [-0.3, -0.25) is 0 Å². The van der Waals surface area contributed by atoms with Crippen LogP contribution in [0, 0.1) is 5.92 Å². The van der Waals surface area contributed by atoms with E-state index in [-0.39, 0.29) is 5.75 Å². The highest BCUT2D eigenvalue weighted by Gasteiger charge is 2.12. The highest BCUT2D eigenvalue weighted by atomic mass is 16.5. The van der Waals surface area contributed by atoms with Crippen LogP contribution in [0.5, 0.6) is 11.5 Å². The second-order valence-corrected chi connectivity index (χ2v) is 3.96. The molecule has 0 fully saturated rings. The van der Waals surface area contributed by atoms with E-state index in [0.29, 0.717) is 17.6 Å². The Labute approximate surface area is 85.5 Å². The number of phenols is 1. The lowest BCUT2D eigenvalue weighted by Gasteiger charge is -2.17. The van der Waals surface area contributed by atoms with Crippen molar-refractivity contribution in [1.82, 2.24) is 0 Å². The molecule has 0 aromatic heterocycles. The number of hydrogen-bond acceptors (Lipinski definition) is 2. The van der Waals surface area contributed by atoms with Crippen molar-refractivity contribution in [2.45, 2.75) is 26.7 Å². The van der Waals surface area contributed by atoms with Crippen molar-refractivity contribution in [3.05, 3.63) is 23.8 Å². The maximum atomic E-state index is 9.43. The van der Waals surface area contributed by atoms with Crippen molar-refractivity contribution < 1.29 is 9.84 Å². The van der Waals surface area contributed by atoms with E-state index >= 15 is 0 Å². The molecule has 0 aliphatic heterocycles. The summed E-state index contributed by atoms with van der Waals surface area (Å²) in [7, 11) is 1.57. The molecule has 14 heavy (non-hydrogen) atoms. The van der Waals surface area contributed by atoms with Gasteiger partial charge in [0.25, 0.3) is 0 Å². The molecule has 0 saturated heterocycles. The summed E-state index contributed by atoms with van der Waals surface area (Å²) in [5.41, 5.74) is 1.20. The smallest absolute Gasteiger partial charge is 0.160 e. The van der Waals surface area contributed by atoms with Gasteiger partial charge >= 0.3 is 0 Å². The van der Waals surface area contributed by atoms with Crippen LogP contribution in [0.25, 0.3) is 0 Å². The Balaban J connectivity index is 3.00. The first-order chi connectivity index (χ1) is 6.56. The van der Waals surface area contributed by atoms with Crippen LogP contribution in [0.15, 0.2) is 18.2 Å². The molecule has 0 bridgehead atoms. The predicted octanol–water partition coefficient (Wildman–Crippen LogP) is 3.16. The van der Waals surface area contributed by atoms with Gasteiger partial charge in [-0.25, -0.2) is 0 Å². The van der Waals surface area contributed by atoms with Crippen molar-refractivity contribution >= 4 is 0 Å². The Morgan fingerprint density at radius 1 is 1.21 bits per heavy atom. The monoisotopic (exact) mass is 194 g/mol. The molecule has 0 saturated carbocycles. The lowest BCUT2D eigenvalue weighted by molar-refractivity contribution is 0.372. The number of benzene rings is 1. The summed E-state index contributed by atoms with van der Waals surface area (Å²) in [4.78, 5) is 0. The van der Waals surface area contributed by atoms with Gasteiger partial charge < -0.3 is 9.84 Å². The zero-order chi connectivity index (χ0) is 10.7. The topological polar surface area (TPSA) is 29.5 Å². The molecule has 1 rings (SSSR count). The summed E-state index contributed by atoms with van der Waals surface area (Å²) >= 11 is 0. The molecule has 1 aromatic rings. The summed E-state index contributed by atoms with van der Waals surface area (Å²) in [5, 5.41) is 9.43. The van der Waals surface area contributed by atoms with Gasteiger partial charge in [0, 0.05) is 0 Å². The fourth-order valence-electron chi connectivity index (χ4n) is 1.36. The zero-order valence-corrected chi connectivity index (χ0v) is 9.24. The SMILES string of the molecule is COc1cc(C(C)C(C)C)ccc1O. The molecule has 2 heteroatoms. The summed E-state index contributed by atoms with van der Waals surface area (Å²) in [5.74, 6) is 1.82. The minimum atomic E-state index is 0.201. The first-order valence-corrected chi connectivity index (χ1v) is 4.93. The molecule has 0 heterocycles. The predicted molar refractivity (Wildman–Crippen MR) is 57.9 cm³/mol. The molecule has 1 atom stereocenters. The standard InChI is InChI=1S/C12H18O2/c1-8(2)9(3)10-5-6-11(13)12(7-10)14-4/h5-9,13H,1-4H3. The maximum Gasteiger partial charge on any atom is 0.160 e. The van der Waals surface area contributed by atoms with E-state index in [2.05, 4.69) is 20.8 Å². The van der Waals surface area contributed by atoms with E-state index < -0.39 is 0 Å². The van der Waals surface area contributed by atoms with Gasteiger partial charge in [0.1, 0.15) is 0 Å². The molecule has 0 amide bonds. The normalized spacial score (nSPS) is 12.9. The van der Waals surface area contributed by atoms with Crippen LogP contribution in [0.4, 0.5) is 0 Å². The van der Waals surface area contributed by atoms with Gasteiger partial charge in [0.05, 0.1) is 7.11 Å². The Hall–Kier alpha value is -1.18. The number of hydrogen-bond donors (Lipinski definition) is 1. The maximum absolute atomic E-state index is 9.43. The fourth-order valence-corrected chi connectivity index (χ4v) is 1.36. The van der Waals surface area contributed by atoms with Crippen LogP contribution >= 0.6 is 0 Å². The van der Waals surface area contributed by atoms with E-state index in [1.165, 1.54) is 5.56 Å². The molecule has 1 aromatic carbocycles. The van der Waals surface area contributed by atoms with Crippen LogP contribution in [-0.4, -0.2) is 12.2 Å². The Bertz CT molecular complexity index is 305. The van der Waals surface area contributed by atoms with Crippen molar-refractivity contribution in [1.29, 1.82) is 0 Å². The summed E-state index contributed by atoms with van der Waals surface area (Å²) in [6.45, 7) is 6.55. The first kappa shape index (κ1) is 10.9. The van der Waals surface area contributed by atoms with Gasteiger partial charge in [-0.2, -0.15) is 0 Å². The molecule has 0 aliphatic rings. The van der Waals surface area contributed by atoms with Gasteiger partial charge in [-0.1, -0.05) is 26.8 Å². The van der Waals surface area contributed by atoms with Crippen LogP contribution in [0.3, 0.4) is 0 Å². The van der Waals surface area contributed by atoms with Crippen LogP contribution < -0.4 is 4.74 Å². The third-order valence-corrected chi connectivity index (χ3v) is 2.73. The molecular weight excluding hydrogens is 176 g/mol. The number of methoxy groups -OCH3 is 1. The quantitative estimate of drug-likeness (QED) is 0.800. The largest absolute Gasteiger partial charge is 0.504 e. The second-order valence-electron chi connectivity index (χ2n) is 3.96. The lowest BCUT2D eigenvalue weighted by Crippen LogP contribution is -2.02. The second kappa shape index (κ2) is 4.36. The number of rotatable bonds is 3. The Kier molecular flexibility index (Phi) is 3.39. The zero-order valence-electron chi connectivity index (χ0n) is 9.24. The Morgan fingerprint density at radius 2 is 1.86 bits per heavy atom. The molecule has 0 radical (unpaired) electrons. The van der Waals surface area contributed by atoms with E-state index in [1.807, 2.05) is 12.1 Å². The van der Waals surface area contributed by atoms with E-state index in [1.54, 1.807) is 13.2 Å². The van der Waals surface area contributed by atoms with Crippen molar-refractivity contribution in [3.8, 4) is 11.5 Å². The lowest BCUT2D eigenvalue weighted by atomic mass is 9.90. The summed E-state index contributed by atoms with van der Waals surface area (Å²) in [6.07, 6.45) is 0. The van der Waals surface area contributed by atoms with Gasteiger partial charge in [-0.05, 0) is 29.5 Å². The molecule has 0 spiro atoms. The summed E-state index contributed by atoms with van der Waals surface area (Å²) in [6, 6.07) is 5.54. The molecule has 2 nitrogen and oxygen atoms in total. The van der Waals surface area contributed by atoms with Crippen LogP contribution in [0.2, 0.25) is 0 Å². The van der Waals surface area contributed by atoms with Crippen molar-refractivity contribution in [2.75, 3.05) is 7.11 Å². The first-order valence-electron chi connectivity index (χ1n) is 4.93. The van der Waals surface area contributed by atoms with Gasteiger partial charge in [-0.15, -0.1) is 0 Å². The molecular formula is C12H18O2. The minimum Gasteiger partial charge on any atom is -0.504 e. The third kappa shape index (κ3) is 2.19. The molecule has 1 N–H and O–H groups in total. The van der Waals surface area contributed by atoms with Crippen molar-refractivity contribution in [2.24, 2.45) is 5.92 Å². The number of ether oxygens (including phenoxy) is 1. The number of aromatic hydroxyl groups is 1.